The van der Waals surface area contributed by atoms with Crippen LogP contribution in [0.5, 0.6) is 0 Å². The lowest BCUT2D eigenvalue weighted by Gasteiger charge is -2.07. The average molecular weight is 310 g/mol. The number of nitrogens with zero attached hydrogens (tertiary/aromatic N) is 2. The summed E-state index contributed by atoms with van der Waals surface area (Å²) >= 11 is 12.0. The van der Waals surface area contributed by atoms with Crippen molar-refractivity contribution in [2.45, 2.75) is 0 Å². The summed E-state index contributed by atoms with van der Waals surface area (Å²) in [7, 11) is 0. The minimum Gasteiger partial charge on any atom is -0.290 e. The normalized spacial score (nSPS) is 10.9. The van der Waals surface area contributed by atoms with E-state index in [4.69, 9.17) is 23.2 Å². The van der Waals surface area contributed by atoms with Crippen molar-refractivity contribution in [3.05, 3.63) is 56.8 Å². The molecule has 20 heavy (non-hydrogen) atoms. The highest BCUT2D eigenvalue weighted by atomic mass is 35.5. The topological polar surface area (TPSA) is 58.6 Å². The fourth-order valence-electron chi connectivity index (χ4n) is 1.86. The van der Waals surface area contributed by atoms with Gasteiger partial charge in [-0.05, 0) is 18.2 Å². The zero-order valence-electron chi connectivity index (χ0n) is 9.82. The lowest BCUT2D eigenvalue weighted by molar-refractivity contribution is 0.631. The number of aromatic nitrogens is 3. The number of benzene rings is 1. The van der Waals surface area contributed by atoms with Crippen LogP contribution >= 0.6 is 23.2 Å². The van der Waals surface area contributed by atoms with Crippen LogP contribution in [0.4, 0.5) is 4.39 Å². The highest BCUT2D eigenvalue weighted by Gasteiger charge is 2.14. The van der Waals surface area contributed by atoms with Gasteiger partial charge in [-0.2, -0.15) is 4.98 Å². The molecule has 0 radical (unpaired) electrons. The molecule has 2 heterocycles. The summed E-state index contributed by atoms with van der Waals surface area (Å²) in [4.78, 5) is 21.5. The molecule has 0 amide bonds. The molecule has 0 unspecified atom stereocenters. The number of nitrogens with one attached hydrogen (secondary N) is 1. The maximum Gasteiger partial charge on any atom is 0.348 e. The van der Waals surface area contributed by atoms with Gasteiger partial charge in [0.25, 0.3) is 0 Å². The van der Waals surface area contributed by atoms with E-state index in [0.29, 0.717) is 5.39 Å². The Labute approximate surface area is 122 Å². The molecule has 0 saturated carbocycles. The van der Waals surface area contributed by atoms with Gasteiger partial charge in [-0.15, -0.1) is 0 Å². The molecule has 2 aromatic heterocycles. The van der Waals surface area contributed by atoms with Gasteiger partial charge in [0, 0.05) is 5.56 Å². The van der Waals surface area contributed by atoms with Gasteiger partial charge in [-0.3, -0.25) is 4.98 Å². The van der Waals surface area contributed by atoms with Gasteiger partial charge in [-0.1, -0.05) is 35.3 Å². The van der Waals surface area contributed by atoms with Crippen molar-refractivity contribution in [2.75, 3.05) is 0 Å². The number of fused-ring (bicyclic) bond motifs is 1. The molecule has 0 bridgehead atoms. The summed E-state index contributed by atoms with van der Waals surface area (Å²) in [5.41, 5.74) is 0.0535. The van der Waals surface area contributed by atoms with Crippen LogP contribution < -0.4 is 5.69 Å². The Bertz CT molecular complexity index is 879. The first-order chi connectivity index (χ1) is 9.56. The van der Waals surface area contributed by atoms with Crippen molar-refractivity contribution < 1.29 is 4.39 Å². The Morgan fingerprint density at radius 3 is 2.65 bits per heavy atom. The van der Waals surface area contributed by atoms with Crippen LogP contribution in [0.2, 0.25) is 10.2 Å². The van der Waals surface area contributed by atoms with Gasteiger partial charge in [0.05, 0.1) is 16.1 Å². The molecule has 1 N–H and O–H groups in total. The summed E-state index contributed by atoms with van der Waals surface area (Å²) in [6.07, 6.45) is 0. The minimum atomic E-state index is -0.628. The third kappa shape index (κ3) is 2.15. The zero-order chi connectivity index (χ0) is 14.3. The van der Waals surface area contributed by atoms with E-state index in [1.54, 1.807) is 18.2 Å². The van der Waals surface area contributed by atoms with Crippen molar-refractivity contribution >= 4 is 34.2 Å². The quantitative estimate of drug-likeness (QED) is 0.701. The summed E-state index contributed by atoms with van der Waals surface area (Å²) in [6.45, 7) is 0. The second-order valence-corrected chi connectivity index (χ2v) is 4.79. The predicted molar refractivity (Wildman–Crippen MR) is 75.6 cm³/mol. The van der Waals surface area contributed by atoms with E-state index in [0.717, 1.165) is 0 Å². The summed E-state index contributed by atoms with van der Waals surface area (Å²) in [5, 5.41) is 0.618. The molecular weight excluding hydrogens is 304 g/mol. The number of aromatic amines is 1. The van der Waals surface area contributed by atoms with Crippen molar-refractivity contribution in [2.24, 2.45) is 0 Å². The lowest BCUT2D eigenvalue weighted by atomic mass is 10.1. The van der Waals surface area contributed by atoms with Crippen LogP contribution in [-0.2, 0) is 0 Å². The Balaban J connectivity index is 2.36. The van der Waals surface area contributed by atoms with Crippen molar-refractivity contribution in [1.29, 1.82) is 0 Å². The molecular formula is C13H6Cl2FN3O. The number of halogens is 3. The van der Waals surface area contributed by atoms with E-state index in [-0.39, 0.29) is 27.1 Å². The largest absolute Gasteiger partial charge is 0.348 e. The second kappa shape index (κ2) is 4.85. The summed E-state index contributed by atoms with van der Waals surface area (Å²) < 4.78 is 13.8. The first-order valence-corrected chi connectivity index (χ1v) is 6.33. The molecule has 0 fully saturated rings. The zero-order valence-corrected chi connectivity index (χ0v) is 11.3. The Hall–Kier alpha value is -1.98. The van der Waals surface area contributed by atoms with Gasteiger partial charge in [0.2, 0.25) is 0 Å². The molecule has 3 aromatic rings. The Kier molecular flexibility index (Phi) is 3.16. The van der Waals surface area contributed by atoms with E-state index >= 15 is 0 Å². The maximum absolute atomic E-state index is 13.8. The van der Waals surface area contributed by atoms with Crippen LogP contribution in [-0.4, -0.2) is 15.0 Å². The van der Waals surface area contributed by atoms with Crippen LogP contribution in [0.25, 0.3) is 22.3 Å². The Morgan fingerprint density at radius 1 is 1.15 bits per heavy atom. The molecule has 4 nitrogen and oxygen atoms in total. The molecule has 7 heteroatoms. The predicted octanol–water partition coefficient (Wildman–Crippen LogP) is 3.43. The van der Waals surface area contributed by atoms with E-state index in [1.165, 1.54) is 12.1 Å². The molecule has 100 valence electrons. The molecule has 1 aromatic carbocycles. The number of hydrogen-bond acceptors (Lipinski definition) is 3. The lowest BCUT2D eigenvalue weighted by Crippen LogP contribution is -2.11. The first-order valence-electron chi connectivity index (χ1n) is 5.57. The van der Waals surface area contributed by atoms with Gasteiger partial charge in [0.15, 0.2) is 0 Å². The Morgan fingerprint density at radius 2 is 1.90 bits per heavy atom. The standard InChI is InChI=1S/C13H6Cl2FN3O/c14-8-5-7-11(15)18-13(20)19-12(7)17-10(8)6-3-1-2-4-9(6)16/h1-5H,(H,17,18,19,20). The SMILES string of the molecule is O=c1nc(Cl)c2cc(Cl)c(-c3ccccc3F)nc2[nH]1. The highest BCUT2D eigenvalue weighted by Crippen LogP contribution is 2.31. The monoisotopic (exact) mass is 309 g/mol. The number of rotatable bonds is 1. The van der Waals surface area contributed by atoms with Crippen LogP contribution in [0, 0.1) is 5.82 Å². The summed E-state index contributed by atoms with van der Waals surface area (Å²) in [5.74, 6) is -0.455. The third-order valence-electron chi connectivity index (χ3n) is 2.75. The average Bonchev–Trinajstić information content (AvgIpc) is 2.40. The smallest absolute Gasteiger partial charge is 0.290 e. The van der Waals surface area contributed by atoms with Gasteiger partial charge in [-0.25, -0.2) is 14.2 Å². The van der Waals surface area contributed by atoms with Crippen LogP contribution in [0.15, 0.2) is 35.1 Å². The fourth-order valence-corrected chi connectivity index (χ4v) is 2.34. The number of pyridine rings is 1. The van der Waals surface area contributed by atoms with Gasteiger partial charge < -0.3 is 0 Å². The van der Waals surface area contributed by atoms with E-state index in [9.17, 15) is 9.18 Å². The molecule has 0 aliphatic heterocycles. The summed E-state index contributed by atoms with van der Waals surface area (Å²) in [6, 6.07) is 7.59. The van der Waals surface area contributed by atoms with E-state index in [1.807, 2.05) is 0 Å². The molecule has 0 saturated heterocycles. The maximum atomic E-state index is 13.8. The van der Waals surface area contributed by atoms with Crippen molar-refractivity contribution in [3.63, 3.8) is 0 Å². The third-order valence-corrected chi connectivity index (χ3v) is 3.33. The molecule has 0 atom stereocenters. The van der Waals surface area contributed by atoms with Gasteiger partial charge >= 0.3 is 5.69 Å². The van der Waals surface area contributed by atoms with Crippen molar-refractivity contribution in [3.8, 4) is 11.3 Å². The molecule has 0 aliphatic rings. The number of hydrogen-bond donors (Lipinski definition) is 1. The van der Waals surface area contributed by atoms with Gasteiger partial charge in [0.1, 0.15) is 16.6 Å². The molecule has 0 spiro atoms. The second-order valence-electron chi connectivity index (χ2n) is 4.03. The molecule has 3 rings (SSSR count). The van der Waals surface area contributed by atoms with E-state index in [2.05, 4.69) is 15.0 Å². The first kappa shape index (κ1) is 13.0. The van der Waals surface area contributed by atoms with Crippen LogP contribution in [0.3, 0.4) is 0 Å². The minimum absolute atomic E-state index is 0.00164. The highest BCUT2D eigenvalue weighted by molar-refractivity contribution is 6.36. The van der Waals surface area contributed by atoms with Crippen LogP contribution in [0.1, 0.15) is 0 Å². The number of H-pyrrole nitrogens is 1. The van der Waals surface area contributed by atoms with Crippen molar-refractivity contribution in [1.82, 2.24) is 15.0 Å². The molecule has 0 aliphatic carbocycles. The fraction of sp³-hybridized carbons (Fsp3) is 0. The van der Waals surface area contributed by atoms with E-state index < -0.39 is 11.5 Å².